The van der Waals surface area contributed by atoms with E-state index < -0.39 is 0 Å². The molecule has 0 spiro atoms. The predicted octanol–water partition coefficient (Wildman–Crippen LogP) is 3.17. The average Bonchev–Trinajstić information content (AvgIpc) is 3.25. The minimum atomic E-state index is -0.0955. The van der Waals surface area contributed by atoms with Crippen LogP contribution in [0.15, 0.2) is 40.1 Å². The van der Waals surface area contributed by atoms with Crippen molar-refractivity contribution in [3.05, 3.63) is 46.2 Å². The summed E-state index contributed by atoms with van der Waals surface area (Å²) in [6.45, 7) is 1.79. The Morgan fingerprint density at radius 3 is 2.95 bits per heavy atom. The molecular weight excluding hydrogens is 300 g/mol. The van der Waals surface area contributed by atoms with Crippen LogP contribution in [0.2, 0.25) is 0 Å². The first-order chi connectivity index (χ1) is 10.7. The Hall–Kier alpha value is -2.34. The van der Waals surface area contributed by atoms with Gasteiger partial charge in [-0.25, -0.2) is 5.01 Å². The molecule has 5 nitrogen and oxygen atoms in total. The number of benzene rings is 1. The molecule has 0 aliphatic carbocycles. The van der Waals surface area contributed by atoms with Crippen LogP contribution in [0.5, 0.6) is 11.5 Å². The third-order valence-corrected chi connectivity index (χ3v) is 4.55. The largest absolute Gasteiger partial charge is 0.454 e. The predicted molar refractivity (Wildman–Crippen MR) is 83.3 cm³/mol. The molecular formula is C16H14N2O3S. The first-order valence-electron chi connectivity index (χ1n) is 7.02. The van der Waals surface area contributed by atoms with Gasteiger partial charge in [-0.05, 0) is 34.5 Å². The van der Waals surface area contributed by atoms with Gasteiger partial charge in [0, 0.05) is 18.9 Å². The van der Waals surface area contributed by atoms with Crippen LogP contribution in [-0.4, -0.2) is 23.4 Å². The van der Waals surface area contributed by atoms with Crippen molar-refractivity contribution in [2.24, 2.45) is 5.10 Å². The molecule has 2 aliphatic heterocycles. The number of hydrogen-bond acceptors (Lipinski definition) is 5. The topological polar surface area (TPSA) is 51.1 Å². The molecule has 0 fully saturated rings. The van der Waals surface area contributed by atoms with Gasteiger partial charge in [0.2, 0.25) is 12.7 Å². The Morgan fingerprint density at radius 1 is 1.32 bits per heavy atom. The second-order valence-corrected chi connectivity index (χ2v) is 6.03. The third kappa shape index (κ3) is 2.16. The normalized spacial score (nSPS) is 19.4. The van der Waals surface area contributed by atoms with Gasteiger partial charge >= 0.3 is 0 Å². The second kappa shape index (κ2) is 5.14. The van der Waals surface area contributed by atoms with Gasteiger partial charge in [0.05, 0.1) is 11.8 Å². The molecule has 3 heterocycles. The van der Waals surface area contributed by atoms with E-state index in [9.17, 15) is 4.79 Å². The molecule has 4 rings (SSSR count). The molecule has 22 heavy (non-hydrogen) atoms. The molecule has 0 N–H and O–H groups in total. The number of fused-ring (bicyclic) bond motifs is 1. The summed E-state index contributed by atoms with van der Waals surface area (Å²) in [5.41, 5.74) is 3.03. The van der Waals surface area contributed by atoms with Crippen molar-refractivity contribution in [1.29, 1.82) is 0 Å². The zero-order chi connectivity index (χ0) is 15.1. The van der Waals surface area contributed by atoms with E-state index in [2.05, 4.69) is 10.5 Å². The Labute approximate surface area is 131 Å². The number of amides is 1. The number of carbonyl (C=O) groups is 1. The maximum absolute atomic E-state index is 11.9. The highest BCUT2D eigenvalue weighted by Gasteiger charge is 2.32. The fraction of sp³-hybridized carbons (Fsp3) is 0.250. The Morgan fingerprint density at radius 2 is 2.18 bits per heavy atom. The summed E-state index contributed by atoms with van der Waals surface area (Å²) in [5, 5.41) is 10.1. The van der Waals surface area contributed by atoms with E-state index in [-0.39, 0.29) is 18.7 Å². The van der Waals surface area contributed by atoms with Crippen LogP contribution < -0.4 is 9.47 Å². The Kier molecular flexibility index (Phi) is 3.11. The summed E-state index contributed by atoms with van der Waals surface area (Å²) in [4.78, 5) is 11.9. The molecule has 0 saturated carbocycles. The average molecular weight is 314 g/mol. The van der Waals surface area contributed by atoms with E-state index in [0.717, 1.165) is 28.3 Å². The van der Waals surface area contributed by atoms with Crippen molar-refractivity contribution >= 4 is 23.0 Å². The molecule has 6 heteroatoms. The van der Waals surface area contributed by atoms with Crippen molar-refractivity contribution in [1.82, 2.24) is 5.01 Å². The van der Waals surface area contributed by atoms with Crippen molar-refractivity contribution in [3.63, 3.8) is 0 Å². The second-order valence-electron chi connectivity index (χ2n) is 5.25. The molecule has 0 radical (unpaired) electrons. The highest BCUT2D eigenvalue weighted by Crippen LogP contribution is 2.39. The van der Waals surface area contributed by atoms with E-state index in [0.29, 0.717) is 6.42 Å². The first-order valence-corrected chi connectivity index (χ1v) is 7.96. The molecule has 1 unspecified atom stereocenters. The van der Waals surface area contributed by atoms with Gasteiger partial charge in [-0.15, -0.1) is 0 Å². The minimum Gasteiger partial charge on any atom is -0.454 e. The molecule has 0 saturated heterocycles. The van der Waals surface area contributed by atoms with Gasteiger partial charge in [-0.2, -0.15) is 16.4 Å². The van der Waals surface area contributed by atoms with Crippen LogP contribution in [0.4, 0.5) is 0 Å². The summed E-state index contributed by atoms with van der Waals surface area (Å²) in [6.07, 6.45) is 0.704. The first kappa shape index (κ1) is 13.3. The van der Waals surface area contributed by atoms with Crippen LogP contribution >= 0.6 is 11.3 Å². The SMILES string of the molecule is CC(=O)N1N=C(c2ccsc2)CC1c1ccc2c(c1)OCO2. The lowest BCUT2D eigenvalue weighted by atomic mass is 9.99. The smallest absolute Gasteiger partial charge is 0.240 e. The molecule has 1 atom stereocenters. The number of ether oxygens (including phenoxy) is 2. The quantitative estimate of drug-likeness (QED) is 0.855. The van der Waals surface area contributed by atoms with E-state index in [1.807, 2.05) is 29.6 Å². The van der Waals surface area contributed by atoms with Crippen LogP contribution in [0, 0.1) is 0 Å². The highest BCUT2D eigenvalue weighted by molar-refractivity contribution is 7.08. The summed E-state index contributed by atoms with van der Waals surface area (Å²) in [6, 6.07) is 7.74. The van der Waals surface area contributed by atoms with Crippen LogP contribution in [0.1, 0.15) is 30.5 Å². The summed E-state index contributed by atoms with van der Waals surface area (Å²) < 4.78 is 10.8. The number of carbonyl (C=O) groups excluding carboxylic acids is 1. The lowest BCUT2D eigenvalue weighted by Gasteiger charge is -2.20. The third-order valence-electron chi connectivity index (χ3n) is 3.87. The highest BCUT2D eigenvalue weighted by atomic mass is 32.1. The molecule has 0 bridgehead atoms. The molecule has 1 amide bonds. The van der Waals surface area contributed by atoms with Crippen LogP contribution in [0.3, 0.4) is 0 Å². The molecule has 2 aromatic rings. The van der Waals surface area contributed by atoms with E-state index in [4.69, 9.17) is 9.47 Å². The van der Waals surface area contributed by atoms with E-state index in [1.54, 1.807) is 23.3 Å². The van der Waals surface area contributed by atoms with Crippen molar-refractivity contribution in [2.75, 3.05) is 6.79 Å². The van der Waals surface area contributed by atoms with Crippen molar-refractivity contribution in [2.45, 2.75) is 19.4 Å². The molecule has 1 aromatic heterocycles. The number of hydrogen-bond donors (Lipinski definition) is 0. The van der Waals surface area contributed by atoms with E-state index in [1.165, 1.54) is 0 Å². The molecule has 112 valence electrons. The number of nitrogens with zero attached hydrogens (tertiary/aromatic N) is 2. The zero-order valence-corrected chi connectivity index (χ0v) is 12.8. The van der Waals surface area contributed by atoms with Gasteiger partial charge in [-0.1, -0.05) is 6.07 Å². The molecule has 1 aromatic carbocycles. The van der Waals surface area contributed by atoms with Gasteiger partial charge in [0.1, 0.15) is 0 Å². The summed E-state index contributed by atoms with van der Waals surface area (Å²) in [5.74, 6) is 1.41. The van der Waals surface area contributed by atoms with Crippen molar-refractivity contribution < 1.29 is 14.3 Å². The zero-order valence-electron chi connectivity index (χ0n) is 12.0. The standard InChI is InChI=1S/C16H14N2O3S/c1-10(19)18-14(7-13(17-18)12-4-5-22-8-12)11-2-3-15-16(6-11)21-9-20-15/h2-6,8,14H,7,9H2,1H3. The lowest BCUT2D eigenvalue weighted by Crippen LogP contribution is -2.24. The van der Waals surface area contributed by atoms with Crippen molar-refractivity contribution in [3.8, 4) is 11.5 Å². The number of rotatable bonds is 2. The van der Waals surface area contributed by atoms with E-state index >= 15 is 0 Å². The van der Waals surface area contributed by atoms with Crippen LogP contribution in [0.25, 0.3) is 0 Å². The maximum atomic E-state index is 11.9. The fourth-order valence-corrected chi connectivity index (χ4v) is 3.45. The minimum absolute atomic E-state index is 0.0621. The maximum Gasteiger partial charge on any atom is 0.240 e. The fourth-order valence-electron chi connectivity index (χ4n) is 2.78. The Bertz CT molecular complexity index is 755. The molecule has 2 aliphatic rings. The van der Waals surface area contributed by atoms with Crippen LogP contribution in [-0.2, 0) is 4.79 Å². The van der Waals surface area contributed by atoms with Gasteiger partial charge in [-0.3, -0.25) is 4.79 Å². The van der Waals surface area contributed by atoms with Gasteiger partial charge < -0.3 is 9.47 Å². The lowest BCUT2D eigenvalue weighted by molar-refractivity contribution is -0.130. The van der Waals surface area contributed by atoms with Gasteiger partial charge in [0.25, 0.3) is 0 Å². The monoisotopic (exact) mass is 314 g/mol. The Balaban J connectivity index is 1.68. The summed E-state index contributed by atoms with van der Waals surface area (Å²) >= 11 is 1.63. The van der Waals surface area contributed by atoms with Gasteiger partial charge in [0.15, 0.2) is 11.5 Å². The summed E-state index contributed by atoms with van der Waals surface area (Å²) in [7, 11) is 0. The number of thiophene rings is 1. The number of hydrazone groups is 1.